The van der Waals surface area contributed by atoms with Crippen molar-refractivity contribution in [3.63, 3.8) is 0 Å². The number of benzene rings is 3. The van der Waals surface area contributed by atoms with Crippen molar-refractivity contribution in [2.75, 3.05) is 10.0 Å². The van der Waals surface area contributed by atoms with E-state index < -0.39 is 16.2 Å². The van der Waals surface area contributed by atoms with Gasteiger partial charge in [0.1, 0.15) is 11.5 Å². The standard InChI is InChI=1S/C22H20Br2N2O6S/c1-12(2)15-11-14(7-8-20(15)27)32-21-16(23)9-13(10-17(21)24)22(28)26(33(29,30)31)19-6-4-3-5-18(19)25/h3-12,27H,25H2,1-2H3,(H,29,30,31). The second-order valence-corrected chi connectivity index (χ2v) is 10.3. The van der Waals surface area contributed by atoms with Gasteiger partial charge in [-0.1, -0.05) is 26.0 Å². The molecule has 0 aromatic heterocycles. The molecule has 0 aliphatic heterocycles. The third kappa shape index (κ3) is 5.49. The molecule has 3 aromatic rings. The highest BCUT2D eigenvalue weighted by Crippen LogP contribution is 2.40. The maximum absolute atomic E-state index is 13.1. The van der Waals surface area contributed by atoms with Crippen LogP contribution in [0.1, 0.15) is 35.7 Å². The first-order chi connectivity index (χ1) is 15.4. The monoisotopic (exact) mass is 598 g/mol. The number of phenols is 1. The van der Waals surface area contributed by atoms with Crippen molar-refractivity contribution >= 4 is 59.4 Å². The maximum Gasteiger partial charge on any atom is 0.367 e. The molecule has 0 spiro atoms. The van der Waals surface area contributed by atoms with E-state index in [9.17, 15) is 22.9 Å². The number of anilines is 2. The molecule has 3 rings (SSSR count). The van der Waals surface area contributed by atoms with Crippen LogP contribution in [0.5, 0.6) is 17.2 Å². The fraction of sp³-hybridized carbons (Fsp3) is 0.136. The van der Waals surface area contributed by atoms with E-state index in [1.54, 1.807) is 18.2 Å². The van der Waals surface area contributed by atoms with Gasteiger partial charge in [0, 0.05) is 11.1 Å². The minimum Gasteiger partial charge on any atom is -0.508 e. The zero-order valence-electron chi connectivity index (χ0n) is 17.5. The number of nitrogens with zero attached hydrogens (tertiary/aromatic N) is 1. The number of ether oxygens (including phenoxy) is 1. The lowest BCUT2D eigenvalue weighted by molar-refractivity contribution is 0.100. The Morgan fingerprint density at radius 1 is 1.06 bits per heavy atom. The number of hydrogen-bond acceptors (Lipinski definition) is 6. The van der Waals surface area contributed by atoms with Crippen LogP contribution in [-0.4, -0.2) is 24.0 Å². The molecule has 0 unspecified atom stereocenters. The van der Waals surface area contributed by atoms with Crippen molar-refractivity contribution in [1.29, 1.82) is 0 Å². The lowest BCUT2D eigenvalue weighted by atomic mass is 10.0. The van der Waals surface area contributed by atoms with Crippen molar-refractivity contribution in [1.82, 2.24) is 0 Å². The van der Waals surface area contributed by atoms with Crippen LogP contribution >= 0.6 is 31.9 Å². The summed E-state index contributed by atoms with van der Waals surface area (Å²) >= 11 is 6.69. The van der Waals surface area contributed by atoms with Crippen molar-refractivity contribution in [3.8, 4) is 17.2 Å². The lowest BCUT2D eigenvalue weighted by Gasteiger charge is -2.21. The van der Waals surface area contributed by atoms with Crippen LogP contribution in [0.15, 0.2) is 63.5 Å². The zero-order chi connectivity index (χ0) is 24.5. The van der Waals surface area contributed by atoms with Crippen LogP contribution in [0.4, 0.5) is 11.4 Å². The number of aromatic hydroxyl groups is 1. The largest absolute Gasteiger partial charge is 0.508 e. The van der Waals surface area contributed by atoms with Gasteiger partial charge in [0.05, 0.1) is 20.3 Å². The summed E-state index contributed by atoms with van der Waals surface area (Å²) in [4.78, 5) is 13.1. The van der Waals surface area contributed by atoms with E-state index in [0.29, 0.717) is 26.0 Å². The zero-order valence-corrected chi connectivity index (χ0v) is 21.5. The smallest absolute Gasteiger partial charge is 0.367 e. The van der Waals surface area contributed by atoms with E-state index in [4.69, 9.17) is 10.5 Å². The number of halogens is 2. The number of nitrogens with two attached hydrogens (primary N) is 1. The number of hydrogen-bond donors (Lipinski definition) is 3. The van der Waals surface area contributed by atoms with Gasteiger partial charge < -0.3 is 15.6 Å². The molecule has 0 heterocycles. The normalized spacial score (nSPS) is 11.5. The van der Waals surface area contributed by atoms with Gasteiger partial charge in [0.15, 0.2) is 5.75 Å². The summed E-state index contributed by atoms with van der Waals surface area (Å²) in [5.41, 5.74) is 6.28. The van der Waals surface area contributed by atoms with Gasteiger partial charge in [-0.05, 0) is 80.2 Å². The van der Waals surface area contributed by atoms with Gasteiger partial charge >= 0.3 is 10.3 Å². The summed E-state index contributed by atoms with van der Waals surface area (Å²) in [7, 11) is -4.97. The second kappa shape index (κ2) is 9.72. The molecule has 174 valence electrons. The van der Waals surface area contributed by atoms with Crippen molar-refractivity contribution in [3.05, 3.63) is 74.7 Å². The fourth-order valence-electron chi connectivity index (χ4n) is 3.09. The van der Waals surface area contributed by atoms with E-state index >= 15 is 0 Å². The van der Waals surface area contributed by atoms with Crippen molar-refractivity contribution < 1.29 is 27.6 Å². The van der Waals surface area contributed by atoms with E-state index in [1.807, 2.05) is 13.8 Å². The molecule has 0 radical (unpaired) electrons. The molecule has 0 aliphatic rings. The van der Waals surface area contributed by atoms with Gasteiger partial charge in [0.2, 0.25) is 0 Å². The number of nitrogen functional groups attached to an aromatic ring is 1. The topological polar surface area (TPSA) is 130 Å². The van der Waals surface area contributed by atoms with Crippen LogP contribution in [-0.2, 0) is 10.3 Å². The van der Waals surface area contributed by atoms with Gasteiger partial charge in [-0.2, -0.15) is 12.7 Å². The van der Waals surface area contributed by atoms with Crippen molar-refractivity contribution in [2.45, 2.75) is 19.8 Å². The third-order valence-electron chi connectivity index (χ3n) is 4.66. The Bertz CT molecular complexity index is 1310. The number of rotatable bonds is 6. The molecule has 0 bridgehead atoms. The number of carbonyl (C=O) groups is 1. The molecular weight excluding hydrogens is 580 g/mol. The van der Waals surface area contributed by atoms with Gasteiger partial charge in [0.25, 0.3) is 5.91 Å². The summed E-state index contributed by atoms with van der Waals surface area (Å²) in [5.74, 6) is -0.0209. The first-order valence-electron chi connectivity index (χ1n) is 9.56. The highest BCUT2D eigenvalue weighted by molar-refractivity contribution is 9.11. The Hall–Kier alpha value is -2.60. The Balaban J connectivity index is 2.01. The van der Waals surface area contributed by atoms with Gasteiger partial charge in [-0.15, -0.1) is 0 Å². The molecule has 0 saturated carbocycles. The number of carbonyl (C=O) groups excluding carboxylic acids is 1. The Labute approximate surface area is 208 Å². The minimum absolute atomic E-state index is 0.00477. The van der Waals surface area contributed by atoms with Crippen LogP contribution in [0.2, 0.25) is 0 Å². The van der Waals surface area contributed by atoms with E-state index in [2.05, 4.69) is 31.9 Å². The molecule has 0 aliphatic carbocycles. The molecule has 1 amide bonds. The van der Waals surface area contributed by atoms with Crippen LogP contribution in [0.25, 0.3) is 0 Å². The van der Waals surface area contributed by atoms with E-state index in [0.717, 1.165) is 0 Å². The average Bonchev–Trinajstić information content (AvgIpc) is 2.72. The molecule has 11 heteroatoms. The maximum atomic E-state index is 13.1. The molecule has 0 saturated heterocycles. The van der Waals surface area contributed by atoms with Crippen LogP contribution in [0.3, 0.4) is 0 Å². The first kappa shape index (κ1) is 25.0. The summed E-state index contributed by atoms with van der Waals surface area (Å²) in [6, 6.07) is 13.3. The lowest BCUT2D eigenvalue weighted by Crippen LogP contribution is -2.37. The summed E-state index contributed by atoms with van der Waals surface area (Å²) < 4.78 is 40.6. The SMILES string of the molecule is CC(C)c1cc(Oc2c(Br)cc(C(=O)N(c3ccccc3N)S(=O)(=O)O)cc2Br)ccc1O. The summed E-state index contributed by atoms with van der Waals surface area (Å²) in [6.07, 6.45) is 0. The summed E-state index contributed by atoms with van der Waals surface area (Å²) in [5, 5.41) is 10.0. The Morgan fingerprint density at radius 3 is 2.21 bits per heavy atom. The highest BCUT2D eigenvalue weighted by Gasteiger charge is 2.31. The Morgan fingerprint density at radius 2 is 1.67 bits per heavy atom. The molecule has 4 N–H and O–H groups in total. The number of phenolic OH excluding ortho intramolecular Hbond substituents is 1. The highest BCUT2D eigenvalue weighted by atomic mass is 79.9. The third-order valence-corrected chi connectivity index (χ3v) is 6.66. The predicted molar refractivity (Wildman–Crippen MR) is 133 cm³/mol. The summed E-state index contributed by atoms with van der Waals surface area (Å²) in [6.45, 7) is 3.87. The quantitative estimate of drug-likeness (QED) is 0.239. The first-order valence-corrected chi connectivity index (χ1v) is 12.5. The van der Waals surface area contributed by atoms with Crippen LogP contribution in [0, 0.1) is 0 Å². The number of amides is 1. The Kier molecular flexibility index (Phi) is 7.37. The molecule has 8 nitrogen and oxygen atoms in total. The average molecular weight is 600 g/mol. The molecule has 3 aromatic carbocycles. The number of para-hydroxylation sites is 2. The van der Waals surface area contributed by atoms with Crippen LogP contribution < -0.4 is 14.8 Å². The molecule has 33 heavy (non-hydrogen) atoms. The van der Waals surface area contributed by atoms with Gasteiger partial charge in [-0.25, -0.2) is 0 Å². The van der Waals surface area contributed by atoms with E-state index in [1.165, 1.54) is 36.4 Å². The van der Waals surface area contributed by atoms with E-state index in [-0.39, 0.29) is 32.9 Å². The molecule has 0 fully saturated rings. The fourth-order valence-corrected chi connectivity index (χ4v) is 5.16. The predicted octanol–water partition coefficient (Wildman–Crippen LogP) is 5.86. The molecule has 0 atom stereocenters. The van der Waals surface area contributed by atoms with Gasteiger partial charge in [-0.3, -0.25) is 9.35 Å². The minimum atomic E-state index is -4.97. The molecular formula is C22H20Br2N2O6S. The van der Waals surface area contributed by atoms with Crippen molar-refractivity contribution in [2.24, 2.45) is 0 Å². The second-order valence-electron chi connectivity index (χ2n) is 7.35.